The van der Waals surface area contributed by atoms with Gasteiger partial charge in [-0.3, -0.25) is 24.9 Å². The van der Waals surface area contributed by atoms with Crippen molar-refractivity contribution >= 4 is 215 Å². The predicted molar refractivity (Wildman–Crippen MR) is 580 cm³/mol. The molecule has 0 saturated heterocycles. The van der Waals surface area contributed by atoms with Crippen LogP contribution in [0.3, 0.4) is 0 Å². The Morgan fingerprint density at radius 1 is 0.218 bits per heavy atom. The summed E-state index contributed by atoms with van der Waals surface area (Å²) in [7, 11) is 0. The van der Waals surface area contributed by atoms with Crippen LogP contribution in [0.2, 0.25) is 0 Å². The molecular formula is C126H96N19S2+7. The first-order valence-corrected chi connectivity index (χ1v) is 54.7. The third kappa shape index (κ3) is 9.75. The Bertz CT molecular complexity index is 9620. The van der Waals surface area contributed by atoms with Gasteiger partial charge in [0.1, 0.15) is 108 Å². The van der Waals surface area contributed by atoms with Crippen molar-refractivity contribution in [2.45, 2.75) is 180 Å². The number of thioether (sulfide) groups is 2. The van der Waals surface area contributed by atoms with Gasteiger partial charge in [-0.2, -0.15) is 30.8 Å². The SMILES string of the molecule is Cc1c2[n+]3c4c(cccc4c4cccc5c4c3n1C5)CS2.Cc1c2[n+]3c4c(cccc4c4cccc5c4c3n1C5)SC2.Cc1c2[n+]3c4c(cccc4c4cncc5c4c3n1C5)CC2.Cc1c2[n+]3c4c(cccc4c4nccc5c4c3n1C5)CC2.Cc1c2[n+]3c4c(ccnc4c4cccc5c4c3n1C5)CC2.Cc1c2[n+]3c4c(cncc4c4cccc5c4c3n1C5)CC2.Cc1c2[n+]3c4c(nccc4c4cccc5c4c3n1C5)CC2. The molecule has 0 fully saturated rings. The van der Waals surface area contributed by atoms with E-state index >= 15 is 0 Å². The van der Waals surface area contributed by atoms with Gasteiger partial charge >= 0.3 is 0 Å². The van der Waals surface area contributed by atoms with Crippen LogP contribution in [-0.2, 0) is 122 Å². The normalized spacial score (nSPS) is 15.3. The van der Waals surface area contributed by atoms with Crippen LogP contribution in [0, 0.1) is 48.5 Å². The first-order valence-electron chi connectivity index (χ1n) is 52.7. The summed E-state index contributed by atoms with van der Waals surface area (Å²) < 4.78 is 35.1. The summed E-state index contributed by atoms with van der Waals surface area (Å²) in [5.41, 5.74) is 59.2. The van der Waals surface area contributed by atoms with Crippen molar-refractivity contribution in [3.8, 4) is 0 Å². The molecule has 0 atom stereocenters. The van der Waals surface area contributed by atoms with Crippen LogP contribution in [0.1, 0.15) is 146 Å². The predicted octanol–water partition coefficient (Wildman–Crippen LogP) is 21.1. The second kappa shape index (κ2) is 27.9. The molecule has 700 valence electrons. The zero-order valence-corrected chi connectivity index (χ0v) is 84.2. The Kier molecular flexibility index (Phi) is 15.3. The van der Waals surface area contributed by atoms with Gasteiger partial charge in [0.25, 0.3) is 39.5 Å². The van der Waals surface area contributed by atoms with Crippen LogP contribution in [0.4, 0.5) is 0 Å². The highest BCUT2D eigenvalue weighted by molar-refractivity contribution is 7.99. The van der Waals surface area contributed by atoms with Crippen LogP contribution in [0.15, 0.2) is 235 Å². The Labute approximate surface area is 848 Å². The van der Waals surface area contributed by atoms with Gasteiger partial charge < -0.3 is 0 Å². The van der Waals surface area contributed by atoms with Crippen molar-refractivity contribution in [3.63, 3.8) is 0 Å². The number of fused-ring (bicyclic) bond motifs is 7. The molecule has 0 aliphatic carbocycles. The summed E-state index contributed by atoms with van der Waals surface area (Å²) in [6.07, 6.45) is 25.4. The summed E-state index contributed by atoms with van der Waals surface area (Å²) in [5.74, 6) is 2.17. The molecule has 19 nitrogen and oxygen atoms in total. The maximum Gasteiger partial charge on any atom is 0.297 e. The van der Waals surface area contributed by atoms with Gasteiger partial charge in [0, 0.05) is 268 Å². The van der Waals surface area contributed by atoms with Crippen LogP contribution in [0.25, 0.3) is 192 Å². The van der Waals surface area contributed by atoms with E-state index in [0.717, 1.165) is 122 Å². The second-order valence-corrected chi connectivity index (χ2v) is 45.6. The van der Waals surface area contributed by atoms with Crippen LogP contribution in [-0.4, -0.2) is 56.9 Å². The van der Waals surface area contributed by atoms with Gasteiger partial charge in [0.2, 0.25) is 5.03 Å². The minimum atomic E-state index is 0.973. The van der Waals surface area contributed by atoms with Gasteiger partial charge in [0.05, 0.1) is 59.6 Å². The van der Waals surface area contributed by atoms with E-state index in [4.69, 9.17) is 9.97 Å². The molecular weight excluding hydrogens is 1840 g/mol. The van der Waals surface area contributed by atoms with Crippen molar-refractivity contribution in [1.29, 1.82) is 0 Å². The number of hydrogen-bond donors (Lipinski definition) is 0. The van der Waals surface area contributed by atoms with E-state index < -0.39 is 0 Å². The van der Waals surface area contributed by atoms with E-state index in [0.29, 0.717) is 0 Å². The van der Waals surface area contributed by atoms with Crippen LogP contribution < -0.4 is 30.8 Å². The summed E-state index contributed by atoms with van der Waals surface area (Å²) in [5, 5.41) is 27.7. The quantitative estimate of drug-likeness (QED) is 0.109. The topological polar surface area (TPSA) is 128 Å². The van der Waals surface area contributed by atoms with Gasteiger partial charge in [-0.1, -0.05) is 151 Å². The fourth-order valence-electron chi connectivity index (χ4n) is 30.8. The lowest BCUT2D eigenvalue weighted by Gasteiger charge is -2.13. The molecule has 28 aromatic rings. The standard InChI is InChI=1S/5C18H14N3.2C18H13N2S/c1-10-15-6-5-11-7-19-8-14-13-4-2-3-12-9-20(10)18(16(12)13)21(15)17(11)14;1-10-15-6-5-11-3-2-4-13-14-8-19-7-12-9-20(10)18(16(12)14)21(15)17(11)13;1-10-14-6-5-11-7-8-19-16-13-4-2-3-12-9-20(10)18(15(12)13)21(14)17(11)16;1-10-15-6-5-14-17-13(7-8-19-14)12-4-2-3-11-9-20(10)18(16(11)12)21(15)17;1-10-14-6-5-11-3-2-4-13-16-15-12(7-8-19-16)9-20(10)18(15)21(14)17(11)13;1-10-18-20-16-12(9-21-18)5-3-7-14(16)13-6-2-4-11-8-19(10)17(20)15(11)13;1-10-14-9-21-15-7-3-6-13-12-5-2-4-11-8-19(10)18(16(11)12)20(14)17(13)15/h5*2-4,7-8H,5-6,9H2,1H3;2*2-7H,8-9H2,1H3/q7*+1. The summed E-state index contributed by atoms with van der Waals surface area (Å²) in [6.45, 7) is 23.0. The number of rotatable bonds is 0. The highest BCUT2D eigenvalue weighted by Gasteiger charge is 2.46. The number of aromatic nitrogens is 19. The molecule has 0 saturated carbocycles. The number of aryl methyl sites for hydroxylation is 10. The van der Waals surface area contributed by atoms with Crippen molar-refractivity contribution in [3.05, 3.63) is 372 Å². The molecule has 0 radical (unpaired) electrons. The first kappa shape index (κ1) is 80.3. The minimum absolute atomic E-state index is 0.973. The Hall–Kier alpha value is -16.1. The molecule has 0 amide bonds. The molecule has 0 unspecified atom stereocenters. The molecule has 9 aromatic carbocycles. The van der Waals surface area contributed by atoms with E-state index in [9.17, 15) is 0 Å². The zero-order chi connectivity index (χ0) is 96.0. The highest BCUT2D eigenvalue weighted by atomic mass is 32.2. The summed E-state index contributed by atoms with van der Waals surface area (Å²) in [4.78, 5) is 24.5. The van der Waals surface area contributed by atoms with Crippen molar-refractivity contribution in [2.24, 2.45) is 0 Å². The molecule has 14 aliphatic heterocycles. The summed E-state index contributed by atoms with van der Waals surface area (Å²) >= 11 is 3.96. The highest BCUT2D eigenvalue weighted by Crippen LogP contribution is 2.50. The van der Waals surface area contributed by atoms with Gasteiger partial charge in [-0.15, -0.1) is 11.8 Å². The number of nitrogens with zero attached hydrogens (tertiary/aromatic N) is 19. The number of pyridine rings is 12. The van der Waals surface area contributed by atoms with E-state index in [1.165, 1.54) is 348 Å². The summed E-state index contributed by atoms with van der Waals surface area (Å²) in [6, 6.07) is 67.2. The molecule has 19 aromatic heterocycles. The number of hydrogen-bond acceptors (Lipinski definition) is 7. The number of imidazole rings is 7. The smallest absolute Gasteiger partial charge is 0.264 e. The molecule has 14 aliphatic rings. The molecule has 21 heteroatoms. The molecule has 42 rings (SSSR count). The maximum absolute atomic E-state index is 4.74. The lowest BCUT2D eigenvalue weighted by molar-refractivity contribution is -0.524. The number of benzene rings is 9. The average Bonchev–Trinajstić information content (AvgIpc) is 1.56. The molecule has 0 spiro atoms. The van der Waals surface area contributed by atoms with Crippen molar-refractivity contribution in [1.82, 2.24) is 56.9 Å². The Morgan fingerprint density at radius 2 is 0.558 bits per heavy atom. The van der Waals surface area contributed by atoms with Crippen LogP contribution in [0.5, 0.6) is 0 Å². The molecule has 0 bridgehead atoms. The fraction of sp³-hybridized carbons (Fsp3) is 0.206. The van der Waals surface area contributed by atoms with Crippen LogP contribution >= 0.6 is 23.5 Å². The van der Waals surface area contributed by atoms with Gasteiger partial charge in [0.15, 0.2) is 56.4 Å². The van der Waals surface area contributed by atoms with E-state index in [2.05, 4.69) is 314 Å². The van der Waals surface area contributed by atoms with E-state index in [-0.39, 0.29) is 0 Å². The monoisotopic (exact) mass is 1940 g/mol. The third-order valence-electron chi connectivity index (χ3n) is 37.2. The zero-order valence-electron chi connectivity index (χ0n) is 82.6. The average molecular weight is 1940 g/mol. The Balaban J connectivity index is 0.0000000711. The van der Waals surface area contributed by atoms with Gasteiger partial charge in [-0.25, -0.2) is 32.0 Å². The third-order valence-corrected chi connectivity index (χ3v) is 39.4. The second-order valence-electron chi connectivity index (χ2n) is 43.6. The first-order chi connectivity index (χ1) is 72.4. The fourth-order valence-corrected chi connectivity index (χ4v) is 33.0. The molecule has 0 N–H and O–H groups in total. The maximum atomic E-state index is 4.74. The van der Waals surface area contributed by atoms with Crippen molar-refractivity contribution in [2.75, 3.05) is 0 Å². The van der Waals surface area contributed by atoms with E-state index in [1.54, 1.807) is 0 Å². The molecule has 33 heterocycles. The minimum Gasteiger partial charge on any atom is -0.264 e. The largest absolute Gasteiger partial charge is 0.297 e. The van der Waals surface area contributed by atoms with E-state index in [1.807, 2.05) is 60.7 Å². The molecule has 147 heavy (non-hydrogen) atoms. The Morgan fingerprint density at radius 3 is 1.12 bits per heavy atom. The number of para-hydroxylation sites is 4. The lowest BCUT2D eigenvalue weighted by atomic mass is 9.96. The van der Waals surface area contributed by atoms with Crippen molar-refractivity contribution < 1.29 is 30.8 Å². The van der Waals surface area contributed by atoms with Gasteiger partial charge in [-0.05, 0) is 68.1 Å². The lowest BCUT2D eigenvalue weighted by Crippen LogP contribution is -2.31.